The topological polar surface area (TPSA) is 51.2 Å². The van der Waals surface area contributed by atoms with E-state index in [0.29, 0.717) is 0 Å². The second-order valence-electron chi connectivity index (χ2n) is 3.87. The zero-order valence-corrected chi connectivity index (χ0v) is 9.55. The molecule has 0 aliphatic heterocycles. The summed E-state index contributed by atoms with van der Waals surface area (Å²) in [6, 6.07) is 3.68. The molecule has 0 spiro atoms. The number of furan rings is 1. The smallest absolute Gasteiger partial charge is 0.124 e. The van der Waals surface area contributed by atoms with E-state index in [9.17, 15) is 5.11 Å². The van der Waals surface area contributed by atoms with Gasteiger partial charge in [0.1, 0.15) is 11.9 Å². The summed E-state index contributed by atoms with van der Waals surface area (Å²) in [5.74, 6) is 0.801. The maximum absolute atomic E-state index is 10.2. The first-order valence-electron chi connectivity index (χ1n) is 5.47. The van der Waals surface area contributed by atoms with Gasteiger partial charge in [-0.15, -0.1) is 0 Å². The van der Waals surface area contributed by atoms with Crippen molar-refractivity contribution in [3.05, 3.63) is 41.6 Å². The molecule has 0 saturated carbocycles. The Kier molecular flexibility index (Phi) is 3.10. The van der Waals surface area contributed by atoms with E-state index in [1.807, 2.05) is 23.7 Å². The van der Waals surface area contributed by atoms with Crippen LogP contribution in [0.1, 0.15) is 36.5 Å². The maximum atomic E-state index is 10.2. The Morgan fingerprint density at radius 3 is 3.00 bits per heavy atom. The van der Waals surface area contributed by atoms with Crippen LogP contribution in [0.15, 0.2) is 29.0 Å². The Balaban J connectivity index is 2.26. The number of aliphatic hydroxyl groups is 1. The van der Waals surface area contributed by atoms with Crippen LogP contribution >= 0.6 is 0 Å². The predicted octanol–water partition coefficient (Wildman–Crippen LogP) is 2.28. The molecular formula is C12H16N2O2. The number of nitrogens with zero attached hydrogens (tertiary/aromatic N) is 2. The fourth-order valence-electron chi connectivity index (χ4n) is 1.75. The van der Waals surface area contributed by atoms with Gasteiger partial charge >= 0.3 is 0 Å². The minimum absolute atomic E-state index is 0.661. The lowest BCUT2D eigenvalue weighted by atomic mass is 10.1. The summed E-state index contributed by atoms with van der Waals surface area (Å²) in [4.78, 5) is 0. The number of aromatic nitrogens is 2. The molecule has 16 heavy (non-hydrogen) atoms. The van der Waals surface area contributed by atoms with Crippen molar-refractivity contribution < 1.29 is 9.52 Å². The highest BCUT2D eigenvalue weighted by Gasteiger charge is 2.16. The number of hydrogen-bond acceptors (Lipinski definition) is 3. The van der Waals surface area contributed by atoms with Crippen LogP contribution in [0.5, 0.6) is 0 Å². The van der Waals surface area contributed by atoms with Crippen LogP contribution in [0.2, 0.25) is 0 Å². The number of aryl methyl sites for hydroxylation is 2. The van der Waals surface area contributed by atoms with Crippen molar-refractivity contribution in [3.63, 3.8) is 0 Å². The standard InChI is InChI=1S/C12H16N2O2/c1-3-6-14-11(4-5-13-14)12(15)10-7-9(2)16-8-10/h4-5,7-8,12,15H,3,6H2,1-2H3. The number of aliphatic hydroxyl groups excluding tert-OH is 1. The molecule has 0 amide bonds. The third-order valence-electron chi connectivity index (χ3n) is 2.53. The third-order valence-corrected chi connectivity index (χ3v) is 2.53. The van der Waals surface area contributed by atoms with Gasteiger partial charge in [0, 0.05) is 18.3 Å². The molecule has 2 rings (SSSR count). The Hall–Kier alpha value is -1.55. The second kappa shape index (κ2) is 4.53. The highest BCUT2D eigenvalue weighted by molar-refractivity contribution is 5.23. The molecule has 0 aliphatic rings. The van der Waals surface area contributed by atoms with Gasteiger partial charge in [-0.05, 0) is 25.5 Å². The van der Waals surface area contributed by atoms with Crippen molar-refractivity contribution in [3.8, 4) is 0 Å². The average molecular weight is 220 g/mol. The molecule has 2 aromatic rings. The summed E-state index contributed by atoms with van der Waals surface area (Å²) < 4.78 is 7.02. The molecule has 2 aromatic heterocycles. The van der Waals surface area contributed by atoms with E-state index in [0.717, 1.165) is 30.0 Å². The van der Waals surface area contributed by atoms with Crippen molar-refractivity contribution >= 4 is 0 Å². The van der Waals surface area contributed by atoms with Gasteiger partial charge in [0.15, 0.2) is 0 Å². The van der Waals surface area contributed by atoms with Gasteiger partial charge in [-0.25, -0.2) is 0 Å². The lowest BCUT2D eigenvalue weighted by Gasteiger charge is -2.10. The lowest BCUT2D eigenvalue weighted by molar-refractivity contribution is 0.206. The highest BCUT2D eigenvalue weighted by Crippen LogP contribution is 2.23. The van der Waals surface area contributed by atoms with Gasteiger partial charge in [-0.3, -0.25) is 4.68 Å². The first-order valence-corrected chi connectivity index (χ1v) is 5.47. The molecule has 2 heterocycles. The highest BCUT2D eigenvalue weighted by atomic mass is 16.3. The molecule has 0 aliphatic carbocycles. The normalized spacial score (nSPS) is 12.9. The fourth-order valence-corrected chi connectivity index (χ4v) is 1.75. The third kappa shape index (κ3) is 2.02. The molecule has 0 fully saturated rings. The summed E-state index contributed by atoms with van der Waals surface area (Å²) in [7, 11) is 0. The van der Waals surface area contributed by atoms with E-state index in [4.69, 9.17) is 4.42 Å². The molecule has 4 heteroatoms. The molecule has 86 valence electrons. The van der Waals surface area contributed by atoms with Crippen LogP contribution in [-0.2, 0) is 6.54 Å². The fraction of sp³-hybridized carbons (Fsp3) is 0.417. The van der Waals surface area contributed by atoms with Gasteiger partial charge in [0.05, 0.1) is 12.0 Å². The van der Waals surface area contributed by atoms with Crippen LogP contribution in [0.25, 0.3) is 0 Å². The summed E-state index contributed by atoms with van der Waals surface area (Å²) in [6.07, 6.45) is 3.63. The van der Waals surface area contributed by atoms with Crippen molar-refractivity contribution in [2.45, 2.75) is 32.9 Å². The van der Waals surface area contributed by atoms with Crippen LogP contribution in [0.3, 0.4) is 0 Å². The summed E-state index contributed by atoms with van der Waals surface area (Å²) in [5.41, 5.74) is 1.58. The van der Waals surface area contributed by atoms with E-state index in [1.165, 1.54) is 0 Å². The molecule has 1 atom stereocenters. The van der Waals surface area contributed by atoms with E-state index < -0.39 is 6.10 Å². The molecule has 0 saturated heterocycles. The predicted molar refractivity (Wildman–Crippen MR) is 60.0 cm³/mol. The van der Waals surface area contributed by atoms with E-state index in [-0.39, 0.29) is 0 Å². The second-order valence-corrected chi connectivity index (χ2v) is 3.87. The Bertz CT molecular complexity index is 459. The zero-order valence-electron chi connectivity index (χ0n) is 9.55. The molecular weight excluding hydrogens is 204 g/mol. The molecule has 0 aromatic carbocycles. The molecule has 0 radical (unpaired) electrons. The summed E-state index contributed by atoms with van der Waals surface area (Å²) in [5, 5.41) is 14.4. The van der Waals surface area contributed by atoms with Gasteiger partial charge in [0.25, 0.3) is 0 Å². The SMILES string of the molecule is CCCn1nccc1C(O)c1coc(C)c1. The Morgan fingerprint density at radius 1 is 1.56 bits per heavy atom. The average Bonchev–Trinajstić information content (AvgIpc) is 2.87. The van der Waals surface area contributed by atoms with Crippen LogP contribution in [0, 0.1) is 6.92 Å². The quantitative estimate of drug-likeness (QED) is 0.860. The minimum Gasteiger partial charge on any atom is -0.469 e. The minimum atomic E-state index is -0.661. The number of rotatable bonds is 4. The maximum Gasteiger partial charge on any atom is 0.124 e. The van der Waals surface area contributed by atoms with E-state index in [1.54, 1.807) is 12.5 Å². The van der Waals surface area contributed by atoms with Gasteiger partial charge in [-0.2, -0.15) is 5.10 Å². The van der Waals surface area contributed by atoms with Gasteiger partial charge in [-0.1, -0.05) is 6.92 Å². The molecule has 1 N–H and O–H groups in total. The first kappa shape index (κ1) is 11.0. The van der Waals surface area contributed by atoms with E-state index in [2.05, 4.69) is 12.0 Å². The zero-order chi connectivity index (χ0) is 11.5. The lowest BCUT2D eigenvalue weighted by Crippen LogP contribution is -2.09. The van der Waals surface area contributed by atoms with Crippen molar-refractivity contribution in [2.24, 2.45) is 0 Å². The summed E-state index contributed by atoms with van der Waals surface area (Å²) >= 11 is 0. The van der Waals surface area contributed by atoms with Crippen molar-refractivity contribution in [2.75, 3.05) is 0 Å². The first-order chi connectivity index (χ1) is 7.72. The summed E-state index contributed by atoms with van der Waals surface area (Å²) in [6.45, 7) is 4.76. The molecule has 0 bridgehead atoms. The van der Waals surface area contributed by atoms with Crippen LogP contribution in [0.4, 0.5) is 0 Å². The Labute approximate surface area is 94.5 Å². The monoisotopic (exact) mass is 220 g/mol. The van der Waals surface area contributed by atoms with Crippen molar-refractivity contribution in [1.82, 2.24) is 9.78 Å². The Morgan fingerprint density at radius 2 is 2.38 bits per heavy atom. The molecule has 1 unspecified atom stereocenters. The van der Waals surface area contributed by atoms with Crippen molar-refractivity contribution in [1.29, 1.82) is 0 Å². The van der Waals surface area contributed by atoms with E-state index >= 15 is 0 Å². The largest absolute Gasteiger partial charge is 0.469 e. The van der Waals surface area contributed by atoms with Gasteiger partial charge in [0.2, 0.25) is 0 Å². The van der Waals surface area contributed by atoms with Crippen LogP contribution < -0.4 is 0 Å². The van der Waals surface area contributed by atoms with Crippen LogP contribution in [-0.4, -0.2) is 14.9 Å². The number of hydrogen-bond donors (Lipinski definition) is 1. The van der Waals surface area contributed by atoms with Gasteiger partial charge < -0.3 is 9.52 Å². The molecule has 4 nitrogen and oxygen atoms in total.